The molecule has 1 aromatic heterocycles. The van der Waals surface area contributed by atoms with E-state index in [-0.39, 0.29) is 41.2 Å². The Bertz CT molecular complexity index is 1520. The van der Waals surface area contributed by atoms with Crippen molar-refractivity contribution in [2.45, 2.75) is 13.3 Å². The number of phenolic OH excluding ortho intramolecular Hbond substituents is 1. The highest BCUT2D eigenvalue weighted by atomic mass is 35.5. The Hall–Kier alpha value is -4.74. The van der Waals surface area contributed by atoms with Crippen LogP contribution in [0.4, 0.5) is 5.69 Å². The number of benzene rings is 3. The SMILES string of the molecule is CCOC(=O)c1c(NC(=O)Cc2ccc(C#N)cc2)cc(Cl)n1-c1ccc(-c2cccc(OC)c2O)cc1. The van der Waals surface area contributed by atoms with Crippen molar-refractivity contribution < 1.29 is 24.2 Å². The molecule has 0 atom stereocenters. The Morgan fingerprint density at radius 1 is 1.08 bits per heavy atom. The highest BCUT2D eigenvalue weighted by Gasteiger charge is 2.24. The molecular formula is C29H24ClN3O5. The Morgan fingerprint density at radius 3 is 2.42 bits per heavy atom. The molecule has 1 heterocycles. The number of amides is 1. The van der Waals surface area contributed by atoms with E-state index in [1.165, 1.54) is 17.7 Å². The Kier molecular flexibility index (Phi) is 8.00. The second-order valence-electron chi connectivity index (χ2n) is 8.22. The van der Waals surface area contributed by atoms with Crippen molar-refractivity contribution in [2.24, 2.45) is 0 Å². The monoisotopic (exact) mass is 529 g/mol. The van der Waals surface area contributed by atoms with Crippen LogP contribution in [0, 0.1) is 11.3 Å². The first-order valence-corrected chi connectivity index (χ1v) is 12.1. The molecule has 8 nitrogen and oxygen atoms in total. The van der Waals surface area contributed by atoms with E-state index in [2.05, 4.69) is 5.32 Å². The minimum atomic E-state index is -0.650. The zero-order valence-electron chi connectivity index (χ0n) is 20.7. The van der Waals surface area contributed by atoms with Crippen molar-refractivity contribution in [1.82, 2.24) is 4.57 Å². The van der Waals surface area contributed by atoms with Crippen molar-refractivity contribution in [1.29, 1.82) is 5.26 Å². The van der Waals surface area contributed by atoms with Gasteiger partial charge in [0, 0.05) is 11.3 Å². The number of nitrogens with zero attached hydrogens (tertiary/aromatic N) is 2. The van der Waals surface area contributed by atoms with Gasteiger partial charge in [0.2, 0.25) is 5.91 Å². The number of halogens is 1. The number of nitrogens with one attached hydrogen (secondary N) is 1. The minimum absolute atomic E-state index is 0.0150. The van der Waals surface area contributed by atoms with Crippen molar-refractivity contribution in [2.75, 3.05) is 19.0 Å². The van der Waals surface area contributed by atoms with Gasteiger partial charge in [-0.2, -0.15) is 5.26 Å². The van der Waals surface area contributed by atoms with Crippen molar-refractivity contribution in [3.63, 3.8) is 0 Å². The summed E-state index contributed by atoms with van der Waals surface area (Å²) in [7, 11) is 1.48. The van der Waals surface area contributed by atoms with E-state index >= 15 is 0 Å². The lowest BCUT2D eigenvalue weighted by molar-refractivity contribution is -0.115. The number of rotatable bonds is 8. The summed E-state index contributed by atoms with van der Waals surface area (Å²) in [5.74, 6) is -0.646. The number of methoxy groups -OCH3 is 1. The first kappa shape index (κ1) is 26.3. The largest absolute Gasteiger partial charge is 0.504 e. The summed E-state index contributed by atoms with van der Waals surface area (Å²) >= 11 is 6.54. The fourth-order valence-electron chi connectivity index (χ4n) is 4.01. The molecule has 1 amide bonds. The second-order valence-corrected chi connectivity index (χ2v) is 8.61. The van der Waals surface area contributed by atoms with E-state index in [1.807, 2.05) is 6.07 Å². The van der Waals surface area contributed by atoms with Gasteiger partial charge in [-0.25, -0.2) is 4.79 Å². The van der Waals surface area contributed by atoms with Gasteiger partial charge in [-0.05, 0) is 54.4 Å². The van der Waals surface area contributed by atoms with Crippen LogP contribution in [0.1, 0.15) is 28.5 Å². The molecule has 0 bridgehead atoms. The van der Waals surface area contributed by atoms with Gasteiger partial charge in [-0.15, -0.1) is 0 Å². The summed E-state index contributed by atoms with van der Waals surface area (Å²) in [6, 6.07) is 22.4. The van der Waals surface area contributed by atoms with Crippen LogP contribution in [0.5, 0.6) is 11.5 Å². The van der Waals surface area contributed by atoms with Crippen LogP contribution in [0.2, 0.25) is 5.15 Å². The standard InChI is InChI=1S/C29H24ClN3O5/c1-3-38-29(36)27-23(32-26(34)15-18-7-9-19(17-31)10-8-18)16-25(30)33(27)21-13-11-20(12-14-21)22-5-4-6-24(37-2)28(22)35/h4-14,16,35H,3,15H2,1-2H3,(H,32,34). The fourth-order valence-corrected chi connectivity index (χ4v) is 4.31. The molecule has 0 radical (unpaired) electrons. The fraction of sp³-hybridized carbons (Fsp3) is 0.138. The number of carbonyl (C=O) groups is 2. The van der Waals surface area contributed by atoms with Crippen molar-refractivity contribution >= 4 is 29.2 Å². The quantitative estimate of drug-likeness (QED) is 0.281. The number of anilines is 1. The molecule has 9 heteroatoms. The van der Waals surface area contributed by atoms with Crippen LogP contribution >= 0.6 is 11.6 Å². The van der Waals surface area contributed by atoms with Gasteiger partial charge >= 0.3 is 5.97 Å². The Balaban J connectivity index is 1.66. The summed E-state index contributed by atoms with van der Waals surface area (Å²) in [5.41, 5.74) is 3.34. The average Bonchev–Trinajstić information content (AvgIpc) is 3.24. The maximum Gasteiger partial charge on any atom is 0.357 e. The summed E-state index contributed by atoms with van der Waals surface area (Å²) in [4.78, 5) is 25.8. The molecule has 192 valence electrons. The van der Waals surface area contributed by atoms with E-state index < -0.39 is 5.97 Å². The number of phenols is 1. The third-order valence-electron chi connectivity index (χ3n) is 5.80. The Morgan fingerprint density at radius 2 is 1.79 bits per heavy atom. The predicted molar refractivity (Wildman–Crippen MR) is 144 cm³/mol. The number of carbonyl (C=O) groups excluding carboxylic acids is 2. The van der Waals surface area contributed by atoms with Gasteiger partial charge in [-0.3, -0.25) is 9.36 Å². The lowest BCUT2D eigenvalue weighted by atomic mass is 10.0. The molecule has 0 spiro atoms. The summed E-state index contributed by atoms with van der Waals surface area (Å²) in [6.07, 6.45) is 0.0372. The average molecular weight is 530 g/mol. The number of para-hydroxylation sites is 1. The van der Waals surface area contributed by atoms with Crippen LogP contribution < -0.4 is 10.1 Å². The zero-order valence-corrected chi connectivity index (χ0v) is 21.5. The van der Waals surface area contributed by atoms with Crippen LogP contribution in [-0.4, -0.2) is 35.3 Å². The number of hydrogen-bond acceptors (Lipinski definition) is 6. The van der Waals surface area contributed by atoms with Crippen LogP contribution in [0.3, 0.4) is 0 Å². The molecular weight excluding hydrogens is 506 g/mol. The maximum atomic E-state index is 13.0. The molecule has 4 aromatic rings. The molecule has 0 fully saturated rings. The predicted octanol–water partition coefficient (Wildman–Crippen LogP) is 5.74. The van der Waals surface area contributed by atoms with E-state index in [0.29, 0.717) is 28.1 Å². The van der Waals surface area contributed by atoms with E-state index in [0.717, 1.165) is 5.56 Å². The van der Waals surface area contributed by atoms with Crippen LogP contribution in [0.25, 0.3) is 16.8 Å². The molecule has 38 heavy (non-hydrogen) atoms. The summed E-state index contributed by atoms with van der Waals surface area (Å²) < 4.78 is 11.9. The van der Waals surface area contributed by atoms with Crippen molar-refractivity contribution in [3.8, 4) is 34.4 Å². The minimum Gasteiger partial charge on any atom is -0.504 e. The van der Waals surface area contributed by atoms with Crippen LogP contribution in [0.15, 0.2) is 72.8 Å². The number of nitriles is 1. The number of aromatic nitrogens is 1. The first-order chi connectivity index (χ1) is 18.4. The summed E-state index contributed by atoms with van der Waals surface area (Å²) in [5, 5.41) is 22.4. The topological polar surface area (TPSA) is 114 Å². The lowest BCUT2D eigenvalue weighted by Crippen LogP contribution is -2.18. The van der Waals surface area contributed by atoms with E-state index in [9.17, 15) is 14.7 Å². The highest BCUT2D eigenvalue weighted by molar-refractivity contribution is 6.31. The number of aromatic hydroxyl groups is 1. The molecule has 0 aliphatic rings. The lowest BCUT2D eigenvalue weighted by Gasteiger charge is -2.13. The van der Waals surface area contributed by atoms with Crippen molar-refractivity contribution in [3.05, 3.63) is 94.8 Å². The first-order valence-electron chi connectivity index (χ1n) is 11.7. The second kappa shape index (κ2) is 11.5. The molecule has 4 rings (SSSR count). The normalized spacial score (nSPS) is 10.5. The number of ether oxygens (including phenoxy) is 2. The third kappa shape index (κ3) is 5.48. The van der Waals surface area contributed by atoms with E-state index in [1.54, 1.807) is 73.7 Å². The van der Waals surface area contributed by atoms with Crippen LogP contribution in [-0.2, 0) is 16.0 Å². The van der Waals surface area contributed by atoms with Gasteiger partial charge in [0.15, 0.2) is 17.2 Å². The van der Waals surface area contributed by atoms with Gasteiger partial charge in [-0.1, -0.05) is 48.0 Å². The summed E-state index contributed by atoms with van der Waals surface area (Å²) in [6.45, 7) is 1.82. The molecule has 2 N–H and O–H groups in total. The van der Waals surface area contributed by atoms with Gasteiger partial charge in [0.25, 0.3) is 0 Å². The van der Waals surface area contributed by atoms with E-state index in [4.69, 9.17) is 26.3 Å². The molecule has 0 unspecified atom stereocenters. The molecule has 0 aliphatic heterocycles. The maximum absolute atomic E-state index is 13.0. The number of esters is 1. The van der Waals surface area contributed by atoms with Gasteiger partial charge in [0.1, 0.15) is 5.15 Å². The zero-order chi connectivity index (χ0) is 27.2. The molecule has 0 saturated heterocycles. The van der Waals surface area contributed by atoms with Gasteiger partial charge in [0.05, 0.1) is 37.5 Å². The smallest absolute Gasteiger partial charge is 0.357 e. The Labute approximate surface area is 224 Å². The molecule has 3 aromatic carbocycles. The molecule has 0 saturated carbocycles. The van der Waals surface area contributed by atoms with Gasteiger partial charge < -0.3 is 19.9 Å². The third-order valence-corrected chi connectivity index (χ3v) is 6.08. The molecule has 0 aliphatic carbocycles. The highest BCUT2D eigenvalue weighted by Crippen LogP contribution is 2.37. The number of hydrogen-bond donors (Lipinski definition) is 2.